The molecule has 0 radical (unpaired) electrons. The topological polar surface area (TPSA) is 98.7 Å². The van der Waals surface area contributed by atoms with E-state index in [1.807, 2.05) is 0 Å². The van der Waals surface area contributed by atoms with Crippen LogP contribution in [-0.4, -0.2) is 49.2 Å². The van der Waals surface area contributed by atoms with Crippen molar-refractivity contribution >= 4 is 58.2 Å². The second-order valence-electron chi connectivity index (χ2n) is 4.33. The Morgan fingerprint density at radius 1 is 0.760 bits per heavy atom. The Kier molecular flexibility index (Phi) is 10.3. The van der Waals surface area contributed by atoms with Gasteiger partial charge in [-0.1, -0.05) is 23.2 Å². The van der Waals surface area contributed by atoms with Crippen molar-refractivity contribution in [1.82, 2.24) is 0 Å². The van der Waals surface area contributed by atoms with Crippen molar-refractivity contribution in [1.29, 1.82) is 0 Å². The zero-order chi connectivity index (χ0) is 18.3. The first-order valence-electron chi connectivity index (χ1n) is 6.38. The first kappa shape index (κ1) is 23.3. The number of benzene rings is 2. The zero-order valence-electron chi connectivity index (χ0n) is 13.4. The van der Waals surface area contributed by atoms with E-state index in [9.17, 15) is 19.8 Å². The van der Waals surface area contributed by atoms with Crippen molar-refractivity contribution in [3.63, 3.8) is 0 Å². The van der Waals surface area contributed by atoms with Gasteiger partial charge >= 0.3 is 23.1 Å². The molecule has 0 atom stereocenters. The van der Waals surface area contributed by atoms with E-state index in [0.717, 1.165) is 0 Å². The van der Waals surface area contributed by atoms with Gasteiger partial charge in [0.25, 0.3) is 0 Å². The number of ether oxygens (including phenoxy) is 2. The van der Waals surface area contributed by atoms with Gasteiger partial charge in [0, 0.05) is 21.2 Å². The Bertz CT molecular complexity index is 688. The van der Waals surface area contributed by atoms with Gasteiger partial charge in [0.15, 0.2) is 0 Å². The van der Waals surface area contributed by atoms with Crippen molar-refractivity contribution in [2.45, 2.75) is 0 Å². The Morgan fingerprint density at radius 2 is 1.08 bits per heavy atom. The molecule has 0 fully saturated rings. The standard InChI is InChI=1S/2C8H7ClO3.Mg/c2*1-12-7-3-5(8(10)11)2-6(9)4-7;/h2*2-4H,1H3,(H,10,11);/q;;+2/p-2. The normalized spacial score (nSPS) is 9.12. The van der Waals surface area contributed by atoms with Crippen LogP contribution in [0.25, 0.3) is 0 Å². The molecule has 0 saturated carbocycles. The molecule has 128 valence electrons. The maximum atomic E-state index is 10.4. The van der Waals surface area contributed by atoms with E-state index in [-0.39, 0.29) is 34.2 Å². The minimum Gasteiger partial charge on any atom is -0.545 e. The molecule has 2 aromatic carbocycles. The Balaban J connectivity index is 0.000000443. The molecule has 25 heavy (non-hydrogen) atoms. The van der Waals surface area contributed by atoms with Crippen LogP contribution in [0.15, 0.2) is 36.4 Å². The third-order valence-corrected chi connectivity index (χ3v) is 3.12. The molecule has 6 nitrogen and oxygen atoms in total. The first-order valence-corrected chi connectivity index (χ1v) is 7.14. The average molecular weight is 395 g/mol. The summed E-state index contributed by atoms with van der Waals surface area (Å²) in [5.41, 5.74) is 0.0266. The minimum atomic E-state index is -1.27. The van der Waals surface area contributed by atoms with Crippen molar-refractivity contribution < 1.29 is 29.3 Å². The molecule has 0 heterocycles. The van der Waals surface area contributed by atoms with Gasteiger partial charge in [0.2, 0.25) is 0 Å². The van der Waals surface area contributed by atoms with Gasteiger partial charge in [-0.2, -0.15) is 0 Å². The number of halogens is 2. The van der Waals surface area contributed by atoms with Crippen LogP contribution < -0.4 is 19.7 Å². The predicted molar refractivity (Wildman–Crippen MR) is 90.4 cm³/mol. The van der Waals surface area contributed by atoms with Gasteiger partial charge in [-0.3, -0.25) is 0 Å². The molecular formula is C16H12Cl2MgO6. The molecule has 0 aliphatic carbocycles. The van der Waals surface area contributed by atoms with E-state index >= 15 is 0 Å². The number of hydrogen-bond donors (Lipinski definition) is 0. The van der Waals surface area contributed by atoms with Gasteiger partial charge in [-0.15, -0.1) is 0 Å². The largest absolute Gasteiger partial charge is 2.00 e. The van der Waals surface area contributed by atoms with Crippen molar-refractivity contribution in [3.8, 4) is 11.5 Å². The molecule has 0 spiro atoms. The predicted octanol–water partition coefficient (Wildman–Crippen LogP) is 1.04. The summed E-state index contributed by atoms with van der Waals surface area (Å²) in [5.74, 6) is -1.73. The summed E-state index contributed by atoms with van der Waals surface area (Å²) in [6.07, 6.45) is 0. The number of aromatic carboxylic acids is 2. The second kappa shape index (κ2) is 11.0. The van der Waals surface area contributed by atoms with E-state index in [4.69, 9.17) is 32.7 Å². The van der Waals surface area contributed by atoms with Crippen LogP contribution >= 0.6 is 23.2 Å². The minimum absolute atomic E-state index is 0. The van der Waals surface area contributed by atoms with Crippen LogP contribution in [0.3, 0.4) is 0 Å². The Morgan fingerprint density at radius 3 is 1.32 bits per heavy atom. The maximum Gasteiger partial charge on any atom is 2.00 e. The fourth-order valence-electron chi connectivity index (χ4n) is 1.60. The Hall–Kier alpha value is -1.67. The van der Waals surface area contributed by atoms with Crippen LogP contribution in [0.4, 0.5) is 0 Å². The first-order chi connectivity index (χ1) is 11.3. The molecular weight excluding hydrogens is 383 g/mol. The third-order valence-electron chi connectivity index (χ3n) is 2.69. The fraction of sp³-hybridized carbons (Fsp3) is 0.125. The molecule has 0 unspecified atom stereocenters. The number of methoxy groups -OCH3 is 2. The smallest absolute Gasteiger partial charge is 0.545 e. The van der Waals surface area contributed by atoms with Crippen LogP contribution in [0, 0.1) is 0 Å². The van der Waals surface area contributed by atoms with Crippen LogP contribution in [0.2, 0.25) is 10.0 Å². The van der Waals surface area contributed by atoms with Crippen LogP contribution in [0.5, 0.6) is 11.5 Å². The summed E-state index contributed by atoms with van der Waals surface area (Å²) in [6.45, 7) is 0. The molecule has 0 aromatic heterocycles. The number of carbonyl (C=O) groups excluding carboxylic acids is 2. The van der Waals surface area contributed by atoms with Crippen molar-refractivity contribution in [2.75, 3.05) is 14.2 Å². The summed E-state index contributed by atoms with van der Waals surface area (Å²) in [6, 6.07) is 8.35. The van der Waals surface area contributed by atoms with E-state index in [1.54, 1.807) is 0 Å². The third kappa shape index (κ3) is 7.83. The van der Waals surface area contributed by atoms with Gasteiger partial charge in [0.05, 0.1) is 26.2 Å². The molecule has 0 amide bonds. The van der Waals surface area contributed by atoms with Gasteiger partial charge in [0.1, 0.15) is 11.5 Å². The van der Waals surface area contributed by atoms with Gasteiger partial charge in [-0.05, 0) is 36.4 Å². The van der Waals surface area contributed by atoms with Gasteiger partial charge in [-0.25, -0.2) is 0 Å². The summed E-state index contributed by atoms with van der Waals surface area (Å²) in [5, 5.41) is 21.4. The molecule has 2 rings (SSSR count). The average Bonchev–Trinajstić information content (AvgIpc) is 2.54. The Labute approximate surface area is 170 Å². The number of carboxylic acids is 2. The molecule has 0 bridgehead atoms. The molecule has 0 N–H and O–H groups in total. The summed E-state index contributed by atoms with van der Waals surface area (Å²) < 4.78 is 9.62. The monoisotopic (exact) mass is 394 g/mol. The quantitative estimate of drug-likeness (QED) is 0.718. The number of hydrogen-bond acceptors (Lipinski definition) is 6. The summed E-state index contributed by atoms with van der Waals surface area (Å²) >= 11 is 11.2. The number of rotatable bonds is 4. The molecule has 2 aromatic rings. The number of carbonyl (C=O) groups is 2. The summed E-state index contributed by atoms with van der Waals surface area (Å²) in [7, 11) is 2.87. The van der Waals surface area contributed by atoms with E-state index in [0.29, 0.717) is 21.5 Å². The molecule has 9 heteroatoms. The molecule has 0 aliphatic rings. The van der Waals surface area contributed by atoms with Gasteiger partial charge < -0.3 is 29.3 Å². The SMILES string of the molecule is COc1cc(Cl)cc(C(=O)[O-])c1.COc1cc(Cl)cc(C(=O)[O-])c1.[Mg+2]. The second-order valence-corrected chi connectivity index (χ2v) is 5.21. The van der Waals surface area contributed by atoms with Crippen LogP contribution in [0.1, 0.15) is 20.7 Å². The maximum absolute atomic E-state index is 10.4. The molecule has 0 aliphatic heterocycles. The van der Waals surface area contributed by atoms with Crippen molar-refractivity contribution in [3.05, 3.63) is 57.6 Å². The fourth-order valence-corrected chi connectivity index (χ4v) is 2.05. The zero-order valence-corrected chi connectivity index (χ0v) is 16.3. The van der Waals surface area contributed by atoms with E-state index in [1.165, 1.54) is 50.6 Å². The van der Waals surface area contributed by atoms with E-state index in [2.05, 4.69) is 0 Å². The van der Waals surface area contributed by atoms with Crippen molar-refractivity contribution in [2.24, 2.45) is 0 Å². The number of carboxylic acid groups (broad SMARTS) is 2. The van der Waals surface area contributed by atoms with Crippen LogP contribution in [-0.2, 0) is 0 Å². The summed E-state index contributed by atoms with van der Waals surface area (Å²) in [4.78, 5) is 20.8. The molecule has 0 saturated heterocycles. The van der Waals surface area contributed by atoms with E-state index < -0.39 is 11.9 Å².